The number of amidine groups is 1. The van der Waals surface area contributed by atoms with E-state index in [2.05, 4.69) is 4.99 Å². The van der Waals surface area contributed by atoms with Crippen LogP contribution in [0.3, 0.4) is 0 Å². The van der Waals surface area contributed by atoms with Gasteiger partial charge in [0.05, 0.1) is 6.54 Å². The number of piperidine rings is 1. The van der Waals surface area contributed by atoms with Crippen molar-refractivity contribution in [2.24, 2.45) is 16.6 Å². The maximum Gasteiger partial charge on any atom is 0.244 e. The van der Waals surface area contributed by atoms with Crippen molar-refractivity contribution in [1.29, 1.82) is 0 Å². The van der Waals surface area contributed by atoms with Crippen molar-refractivity contribution in [3.63, 3.8) is 0 Å². The van der Waals surface area contributed by atoms with Gasteiger partial charge in [-0.15, -0.1) is 0 Å². The molecule has 1 unspecified atom stereocenters. The van der Waals surface area contributed by atoms with Crippen molar-refractivity contribution in [3.05, 3.63) is 53.1 Å². The molecule has 1 fully saturated rings. The van der Waals surface area contributed by atoms with Gasteiger partial charge in [-0.1, -0.05) is 18.2 Å². The number of rotatable bonds is 2. The van der Waals surface area contributed by atoms with Crippen molar-refractivity contribution >= 4 is 23.3 Å². The first-order valence-corrected chi connectivity index (χ1v) is 11.4. The van der Waals surface area contributed by atoms with Gasteiger partial charge < -0.3 is 25.0 Å². The standard InChI is InChI=1S/C25H26N4O4/c1-15(30)28-8-6-16(7-9-28)12-29-20-5-3-2-4-18(20)25(24(29)31)13-27-23(26)17-10-21-22(11-19(17)25)33-14-32-21/h2-5,10-11,16H,6-9,12-14H2,1H3,(H2,26,27). The van der Waals surface area contributed by atoms with Crippen LogP contribution in [0, 0.1) is 5.92 Å². The number of aliphatic imine (C=N–C) groups is 1. The van der Waals surface area contributed by atoms with Gasteiger partial charge in [-0.05, 0) is 48.1 Å². The summed E-state index contributed by atoms with van der Waals surface area (Å²) in [4.78, 5) is 34.4. The fourth-order valence-electron chi connectivity index (χ4n) is 5.69. The minimum absolute atomic E-state index is 0.0223. The van der Waals surface area contributed by atoms with Gasteiger partial charge in [-0.25, -0.2) is 0 Å². The zero-order valence-electron chi connectivity index (χ0n) is 18.5. The van der Waals surface area contributed by atoms with E-state index in [0.29, 0.717) is 29.8 Å². The molecule has 0 saturated carbocycles. The number of carbonyl (C=O) groups is 2. The molecule has 4 heterocycles. The van der Waals surface area contributed by atoms with Crippen LogP contribution in [0.5, 0.6) is 11.5 Å². The second-order valence-corrected chi connectivity index (χ2v) is 9.24. The zero-order valence-corrected chi connectivity index (χ0v) is 18.5. The molecule has 1 spiro atoms. The first-order valence-electron chi connectivity index (χ1n) is 11.4. The third-order valence-electron chi connectivity index (χ3n) is 7.50. The Labute approximate surface area is 192 Å². The van der Waals surface area contributed by atoms with E-state index in [-0.39, 0.29) is 25.2 Å². The van der Waals surface area contributed by atoms with Crippen LogP contribution in [-0.4, -0.2) is 55.5 Å². The summed E-state index contributed by atoms with van der Waals surface area (Å²) in [7, 11) is 0. The normalized spacial score (nSPS) is 23.5. The number of nitrogens with two attached hydrogens (primary N) is 1. The van der Waals surface area contributed by atoms with Crippen LogP contribution < -0.4 is 20.1 Å². The monoisotopic (exact) mass is 446 g/mol. The molecule has 8 heteroatoms. The van der Waals surface area contributed by atoms with Crippen molar-refractivity contribution in [2.45, 2.75) is 25.2 Å². The Morgan fingerprint density at radius 2 is 1.88 bits per heavy atom. The third kappa shape index (κ3) is 2.86. The summed E-state index contributed by atoms with van der Waals surface area (Å²) in [6.07, 6.45) is 1.78. The van der Waals surface area contributed by atoms with Crippen molar-refractivity contribution in [3.8, 4) is 11.5 Å². The SMILES string of the molecule is CC(=O)N1CCC(CN2C(=O)C3(CN=C(N)c4cc5c(cc43)OCO5)c3ccccc32)CC1. The number of para-hydroxylation sites is 1. The Hall–Kier alpha value is -3.55. The topological polar surface area (TPSA) is 97.5 Å². The van der Waals surface area contributed by atoms with Crippen LogP contribution in [0.15, 0.2) is 41.4 Å². The Kier molecular flexibility index (Phi) is 4.40. The molecule has 2 aromatic carbocycles. The fourth-order valence-corrected chi connectivity index (χ4v) is 5.69. The average Bonchev–Trinajstić information content (AvgIpc) is 3.38. The number of benzene rings is 2. The first kappa shape index (κ1) is 20.1. The number of anilines is 1. The van der Waals surface area contributed by atoms with Crippen molar-refractivity contribution in [1.82, 2.24) is 4.90 Å². The average molecular weight is 447 g/mol. The number of ether oxygens (including phenoxy) is 2. The van der Waals surface area contributed by atoms with Crippen LogP contribution in [0.1, 0.15) is 36.5 Å². The fraction of sp³-hybridized carbons (Fsp3) is 0.400. The Morgan fingerprint density at radius 1 is 1.15 bits per heavy atom. The molecule has 33 heavy (non-hydrogen) atoms. The summed E-state index contributed by atoms with van der Waals surface area (Å²) in [5.41, 5.74) is 8.77. The highest BCUT2D eigenvalue weighted by atomic mass is 16.7. The quantitative estimate of drug-likeness (QED) is 0.761. The van der Waals surface area contributed by atoms with Crippen molar-refractivity contribution < 1.29 is 19.1 Å². The maximum atomic E-state index is 14.2. The van der Waals surface area contributed by atoms with Gasteiger partial charge in [0.15, 0.2) is 11.5 Å². The van der Waals surface area contributed by atoms with Gasteiger partial charge >= 0.3 is 0 Å². The molecule has 0 aliphatic carbocycles. The van der Waals surface area contributed by atoms with E-state index in [0.717, 1.165) is 48.3 Å². The Bertz CT molecular complexity index is 1200. The molecular weight excluding hydrogens is 420 g/mol. The molecule has 0 bridgehead atoms. The minimum Gasteiger partial charge on any atom is -0.454 e. The molecular formula is C25H26N4O4. The van der Waals surface area contributed by atoms with Gasteiger partial charge in [-0.3, -0.25) is 14.6 Å². The van der Waals surface area contributed by atoms with E-state index in [4.69, 9.17) is 15.2 Å². The number of amides is 2. The second kappa shape index (κ2) is 7.23. The van der Waals surface area contributed by atoms with Crippen LogP contribution >= 0.6 is 0 Å². The van der Waals surface area contributed by atoms with Gasteiger partial charge in [0.2, 0.25) is 18.6 Å². The van der Waals surface area contributed by atoms with Gasteiger partial charge in [0.25, 0.3) is 0 Å². The molecule has 0 radical (unpaired) electrons. The highest BCUT2D eigenvalue weighted by molar-refractivity contribution is 6.14. The van der Waals surface area contributed by atoms with E-state index in [1.54, 1.807) is 6.92 Å². The number of carbonyl (C=O) groups excluding carboxylic acids is 2. The maximum absolute atomic E-state index is 14.2. The lowest BCUT2D eigenvalue weighted by molar-refractivity contribution is -0.130. The Balaban J connectivity index is 1.40. The summed E-state index contributed by atoms with van der Waals surface area (Å²) >= 11 is 0. The summed E-state index contributed by atoms with van der Waals surface area (Å²) in [6.45, 7) is 4.13. The molecule has 2 aromatic rings. The lowest BCUT2D eigenvalue weighted by atomic mass is 9.71. The summed E-state index contributed by atoms with van der Waals surface area (Å²) in [5, 5.41) is 0. The summed E-state index contributed by atoms with van der Waals surface area (Å²) < 4.78 is 11.2. The van der Waals surface area contributed by atoms with Crippen molar-refractivity contribution in [2.75, 3.05) is 37.9 Å². The van der Waals surface area contributed by atoms with E-state index in [1.165, 1.54) is 0 Å². The number of hydrogen-bond acceptors (Lipinski definition) is 6. The van der Waals surface area contributed by atoms with Gasteiger partial charge in [0, 0.05) is 37.8 Å². The largest absolute Gasteiger partial charge is 0.454 e. The molecule has 1 saturated heterocycles. The minimum atomic E-state index is -0.935. The van der Waals surface area contributed by atoms with E-state index in [1.807, 2.05) is 46.2 Å². The van der Waals surface area contributed by atoms with Crippen LogP contribution in [0.25, 0.3) is 0 Å². The highest BCUT2D eigenvalue weighted by Gasteiger charge is 2.55. The van der Waals surface area contributed by atoms with E-state index >= 15 is 0 Å². The zero-order chi connectivity index (χ0) is 22.7. The molecule has 2 amide bonds. The number of likely N-dealkylation sites (tertiary alicyclic amines) is 1. The van der Waals surface area contributed by atoms with Crippen LogP contribution in [-0.2, 0) is 15.0 Å². The van der Waals surface area contributed by atoms with E-state index < -0.39 is 5.41 Å². The molecule has 2 N–H and O–H groups in total. The number of nitrogens with zero attached hydrogens (tertiary/aromatic N) is 3. The lowest BCUT2D eigenvalue weighted by Gasteiger charge is -2.35. The van der Waals surface area contributed by atoms with Gasteiger partial charge in [0.1, 0.15) is 11.3 Å². The summed E-state index contributed by atoms with van der Waals surface area (Å²) in [6, 6.07) is 11.7. The number of fused-ring (bicyclic) bond motifs is 5. The molecule has 0 aromatic heterocycles. The van der Waals surface area contributed by atoms with E-state index in [9.17, 15) is 9.59 Å². The molecule has 170 valence electrons. The molecule has 6 rings (SSSR count). The summed E-state index contributed by atoms with van der Waals surface area (Å²) in [5.74, 6) is 2.13. The smallest absolute Gasteiger partial charge is 0.244 e. The van der Waals surface area contributed by atoms with Gasteiger partial charge in [-0.2, -0.15) is 0 Å². The predicted octanol–water partition coefficient (Wildman–Crippen LogP) is 2.03. The second-order valence-electron chi connectivity index (χ2n) is 9.24. The number of hydrogen-bond donors (Lipinski definition) is 1. The lowest BCUT2D eigenvalue weighted by Crippen LogP contribution is -2.49. The third-order valence-corrected chi connectivity index (χ3v) is 7.50. The molecule has 1 atom stereocenters. The van der Waals surface area contributed by atoms with Crippen LogP contribution in [0.2, 0.25) is 0 Å². The highest BCUT2D eigenvalue weighted by Crippen LogP contribution is 2.51. The first-order chi connectivity index (χ1) is 16.0. The molecule has 8 nitrogen and oxygen atoms in total. The predicted molar refractivity (Wildman–Crippen MR) is 123 cm³/mol. The molecule has 4 aliphatic heterocycles. The Morgan fingerprint density at radius 3 is 2.64 bits per heavy atom. The molecule has 4 aliphatic rings. The van der Waals surface area contributed by atoms with Crippen LogP contribution in [0.4, 0.5) is 5.69 Å².